The molecular weight excluding hydrogens is 208 g/mol. The zero-order chi connectivity index (χ0) is 11.5. The van der Waals surface area contributed by atoms with Crippen molar-refractivity contribution in [3.8, 4) is 6.07 Å². The lowest BCUT2D eigenvalue weighted by atomic mass is 10.1. The highest BCUT2D eigenvalue weighted by Crippen LogP contribution is 2.18. The molecule has 1 atom stereocenters. The van der Waals surface area contributed by atoms with Crippen molar-refractivity contribution in [2.75, 3.05) is 5.75 Å². The van der Waals surface area contributed by atoms with Crippen molar-refractivity contribution in [1.29, 1.82) is 5.26 Å². The van der Waals surface area contributed by atoms with Gasteiger partial charge in [0.25, 0.3) is 0 Å². The summed E-state index contributed by atoms with van der Waals surface area (Å²) in [6.07, 6.45) is 0. The van der Waals surface area contributed by atoms with Crippen LogP contribution in [0.3, 0.4) is 0 Å². The van der Waals surface area contributed by atoms with Gasteiger partial charge in [-0.05, 0) is 26.8 Å². The average Bonchev–Trinajstić information content (AvgIpc) is 2.14. The molecule has 1 aromatic heterocycles. The molecule has 0 saturated carbocycles. The van der Waals surface area contributed by atoms with Crippen molar-refractivity contribution in [3.05, 3.63) is 17.5 Å². The van der Waals surface area contributed by atoms with Crippen molar-refractivity contribution < 1.29 is 0 Å². The SMILES string of the molecule is Cc1cc(C)nc(SCC(C)(N)C#N)n1. The third-order valence-electron chi connectivity index (χ3n) is 1.72. The van der Waals surface area contributed by atoms with Crippen LogP contribution in [0, 0.1) is 25.2 Å². The van der Waals surface area contributed by atoms with Gasteiger partial charge in [-0.25, -0.2) is 9.97 Å². The Labute approximate surface area is 93.9 Å². The third-order valence-corrected chi connectivity index (χ3v) is 2.90. The number of nitriles is 1. The summed E-state index contributed by atoms with van der Waals surface area (Å²) in [6, 6.07) is 3.95. The molecule has 15 heavy (non-hydrogen) atoms. The number of rotatable bonds is 3. The molecule has 0 aliphatic rings. The molecule has 4 nitrogen and oxygen atoms in total. The Bertz CT molecular complexity index is 375. The quantitative estimate of drug-likeness (QED) is 0.618. The van der Waals surface area contributed by atoms with Crippen LogP contribution in [0.5, 0.6) is 0 Å². The number of aryl methyl sites for hydroxylation is 2. The lowest BCUT2D eigenvalue weighted by molar-refractivity contribution is 0.680. The molecule has 80 valence electrons. The van der Waals surface area contributed by atoms with Gasteiger partial charge in [-0.3, -0.25) is 0 Å². The molecule has 1 heterocycles. The molecule has 1 unspecified atom stereocenters. The maximum Gasteiger partial charge on any atom is 0.188 e. The van der Waals surface area contributed by atoms with Crippen LogP contribution in [-0.2, 0) is 0 Å². The predicted molar refractivity (Wildman–Crippen MR) is 60.4 cm³/mol. The van der Waals surface area contributed by atoms with Gasteiger partial charge in [-0.15, -0.1) is 0 Å². The number of hydrogen-bond acceptors (Lipinski definition) is 5. The van der Waals surface area contributed by atoms with Crippen molar-refractivity contribution in [2.45, 2.75) is 31.5 Å². The summed E-state index contributed by atoms with van der Waals surface area (Å²) < 4.78 is 0. The molecule has 0 aliphatic heterocycles. The first-order valence-electron chi connectivity index (χ1n) is 4.58. The Balaban J connectivity index is 2.71. The van der Waals surface area contributed by atoms with E-state index in [4.69, 9.17) is 11.0 Å². The third kappa shape index (κ3) is 3.86. The molecule has 1 rings (SSSR count). The van der Waals surface area contributed by atoms with E-state index in [9.17, 15) is 0 Å². The second kappa shape index (κ2) is 4.60. The fraction of sp³-hybridized carbons (Fsp3) is 0.500. The number of nitrogens with two attached hydrogens (primary N) is 1. The van der Waals surface area contributed by atoms with Crippen LogP contribution < -0.4 is 5.73 Å². The summed E-state index contributed by atoms with van der Waals surface area (Å²) in [6.45, 7) is 5.54. The molecule has 0 spiro atoms. The van der Waals surface area contributed by atoms with Gasteiger partial charge < -0.3 is 5.73 Å². The van der Waals surface area contributed by atoms with E-state index in [2.05, 4.69) is 9.97 Å². The summed E-state index contributed by atoms with van der Waals surface area (Å²) in [4.78, 5) is 8.52. The Hall–Kier alpha value is -1.12. The van der Waals surface area contributed by atoms with Crippen LogP contribution >= 0.6 is 11.8 Å². The Morgan fingerprint density at radius 1 is 1.47 bits per heavy atom. The van der Waals surface area contributed by atoms with E-state index in [1.807, 2.05) is 26.0 Å². The van der Waals surface area contributed by atoms with Crippen LogP contribution in [-0.4, -0.2) is 21.3 Å². The lowest BCUT2D eigenvalue weighted by Crippen LogP contribution is -2.36. The average molecular weight is 222 g/mol. The summed E-state index contributed by atoms with van der Waals surface area (Å²) >= 11 is 1.41. The van der Waals surface area contributed by atoms with E-state index in [1.54, 1.807) is 6.92 Å². The minimum atomic E-state index is -0.828. The van der Waals surface area contributed by atoms with Gasteiger partial charge in [-0.1, -0.05) is 11.8 Å². The first kappa shape index (κ1) is 12.0. The second-order valence-electron chi connectivity index (χ2n) is 3.75. The Kier molecular flexibility index (Phi) is 3.66. The van der Waals surface area contributed by atoms with Gasteiger partial charge in [0.2, 0.25) is 0 Å². The van der Waals surface area contributed by atoms with Crippen molar-refractivity contribution in [1.82, 2.24) is 9.97 Å². The van der Waals surface area contributed by atoms with E-state index in [1.165, 1.54) is 11.8 Å². The molecule has 0 amide bonds. The highest BCUT2D eigenvalue weighted by Gasteiger charge is 2.18. The molecule has 2 N–H and O–H groups in total. The Morgan fingerprint density at radius 3 is 2.47 bits per heavy atom. The smallest absolute Gasteiger partial charge is 0.188 e. The summed E-state index contributed by atoms with van der Waals surface area (Å²) in [5.74, 6) is 0.492. The Morgan fingerprint density at radius 2 is 2.00 bits per heavy atom. The predicted octanol–water partition coefficient (Wildman–Crippen LogP) is 1.43. The molecule has 0 radical (unpaired) electrons. The van der Waals surface area contributed by atoms with Crippen molar-refractivity contribution >= 4 is 11.8 Å². The summed E-state index contributed by atoms with van der Waals surface area (Å²) in [7, 11) is 0. The number of thioether (sulfide) groups is 1. The van der Waals surface area contributed by atoms with Crippen molar-refractivity contribution in [2.24, 2.45) is 5.73 Å². The molecule has 0 aliphatic carbocycles. The highest BCUT2D eigenvalue weighted by molar-refractivity contribution is 7.99. The van der Waals surface area contributed by atoms with Gasteiger partial charge in [0, 0.05) is 17.1 Å². The second-order valence-corrected chi connectivity index (χ2v) is 4.69. The zero-order valence-corrected chi connectivity index (χ0v) is 9.93. The van der Waals surface area contributed by atoms with E-state index in [-0.39, 0.29) is 0 Å². The fourth-order valence-corrected chi connectivity index (χ4v) is 1.92. The summed E-state index contributed by atoms with van der Waals surface area (Å²) in [5, 5.41) is 9.43. The van der Waals surface area contributed by atoms with Crippen LogP contribution in [0.4, 0.5) is 0 Å². The molecule has 0 fully saturated rings. The van der Waals surface area contributed by atoms with Crippen molar-refractivity contribution in [3.63, 3.8) is 0 Å². The van der Waals surface area contributed by atoms with Gasteiger partial charge in [0.1, 0.15) is 5.54 Å². The van der Waals surface area contributed by atoms with Gasteiger partial charge in [0.15, 0.2) is 5.16 Å². The van der Waals surface area contributed by atoms with Gasteiger partial charge in [0.05, 0.1) is 6.07 Å². The zero-order valence-electron chi connectivity index (χ0n) is 9.11. The van der Waals surface area contributed by atoms with E-state index in [0.717, 1.165) is 11.4 Å². The fourth-order valence-electron chi connectivity index (χ4n) is 1.00. The molecule has 0 bridgehead atoms. The van der Waals surface area contributed by atoms with Crippen LogP contribution in [0.25, 0.3) is 0 Å². The van der Waals surface area contributed by atoms with Gasteiger partial charge >= 0.3 is 0 Å². The number of nitrogens with zero attached hydrogens (tertiary/aromatic N) is 3. The van der Waals surface area contributed by atoms with Gasteiger partial charge in [-0.2, -0.15) is 5.26 Å². The minimum Gasteiger partial charge on any atom is -0.313 e. The number of hydrogen-bond donors (Lipinski definition) is 1. The van der Waals surface area contributed by atoms with E-state index < -0.39 is 5.54 Å². The molecular formula is C10H14N4S. The monoisotopic (exact) mass is 222 g/mol. The molecule has 0 saturated heterocycles. The highest BCUT2D eigenvalue weighted by atomic mass is 32.2. The number of aromatic nitrogens is 2. The maximum atomic E-state index is 8.75. The molecule has 1 aromatic rings. The first-order valence-corrected chi connectivity index (χ1v) is 5.57. The van der Waals surface area contributed by atoms with Crippen LogP contribution in [0.2, 0.25) is 0 Å². The summed E-state index contributed by atoms with van der Waals surface area (Å²) in [5.41, 5.74) is 6.74. The van der Waals surface area contributed by atoms with Crippen LogP contribution in [0.1, 0.15) is 18.3 Å². The maximum absolute atomic E-state index is 8.75. The standard InChI is InChI=1S/C10H14N4S/c1-7-4-8(2)14-9(13-7)15-6-10(3,12)5-11/h4H,6,12H2,1-3H3. The normalized spacial score (nSPS) is 14.3. The first-order chi connectivity index (χ1) is 6.93. The van der Waals surface area contributed by atoms with Crippen LogP contribution in [0.15, 0.2) is 11.2 Å². The van der Waals surface area contributed by atoms with E-state index in [0.29, 0.717) is 10.9 Å². The largest absolute Gasteiger partial charge is 0.313 e. The molecule has 0 aromatic carbocycles. The lowest BCUT2D eigenvalue weighted by Gasteiger charge is -2.13. The topological polar surface area (TPSA) is 75.6 Å². The molecule has 5 heteroatoms. The minimum absolute atomic E-state index is 0.492. The van der Waals surface area contributed by atoms with E-state index >= 15 is 0 Å².